The van der Waals surface area contributed by atoms with Crippen molar-refractivity contribution in [2.45, 2.75) is 32.3 Å². The SMILES string of the molecule is CCNC(=O)N1CCCC(c2noc(COc3ccccc3F)n2)C1. The molecule has 0 aliphatic carbocycles. The van der Waals surface area contributed by atoms with Gasteiger partial charge in [-0.1, -0.05) is 17.3 Å². The molecule has 2 amide bonds. The van der Waals surface area contributed by atoms with Crippen LogP contribution in [0, 0.1) is 5.82 Å². The molecule has 7 nitrogen and oxygen atoms in total. The molecule has 8 heteroatoms. The lowest BCUT2D eigenvalue weighted by molar-refractivity contribution is 0.178. The van der Waals surface area contributed by atoms with Crippen LogP contribution < -0.4 is 10.1 Å². The van der Waals surface area contributed by atoms with Gasteiger partial charge in [0.1, 0.15) is 0 Å². The third-order valence-corrected chi connectivity index (χ3v) is 4.07. The molecule has 1 aliphatic rings. The molecular weight excluding hydrogens is 327 g/mol. The molecule has 3 rings (SSSR count). The summed E-state index contributed by atoms with van der Waals surface area (Å²) in [5, 5.41) is 6.80. The topological polar surface area (TPSA) is 80.5 Å². The molecule has 1 saturated heterocycles. The molecule has 2 heterocycles. The van der Waals surface area contributed by atoms with Gasteiger partial charge in [0.15, 0.2) is 24.0 Å². The minimum Gasteiger partial charge on any atom is -0.481 e. The zero-order valence-corrected chi connectivity index (χ0v) is 14.1. The maximum absolute atomic E-state index is 13.5. The number of halogens is 1. The highest BCUT2D eigenvalue weighted by molar-refractivity contribution is 5.74. The average Bonchev–Trinajstić information content (AvgIpc) is 3.10. The smallest absolute Gasteiger partial charge is 0.317 e. The lowest BCUT2D eigenvalue weighted by Gasteiger charge is -2.31. The summed E-state index contributed by atoms with van der Waals surface area (Å²) in [7, 11) is 0. The Labute approximate surface area is 145 Å². The number of likely N-dealkylation sites (tertiary alicyclic amines) is 1. The number of para-hydroxylation sites is 1. The van der Waals surface area contributed by atoms with Crippen LogP contribution in [0.3, 0.4) is 0 Å². The van der Waals surface area contributed by atoms with E-state index >= 15 is 0 Å². The molecule has 1 N–H and O–H groups in total. The van der Waals surface area contributed by atoms with Crippen molar-refractivity contribution in [1.29, 1.82) is 0 Å². The van der Waals surface area contributed by atoms with E-state index in [4.69, 9.17) is 9.26 Å². The van der Waals surface area contributed by atoms with E-state index in [0.29, 0.717) is 18.9 Å². The summed E-state index contributed by atoms with van der Waals surface area (Å²) in [6.45, 7) is 3.77. The molecule has 0 spiro atoms. The molecule has 1 fully saturated rings. The summed E-state index contributed by atoms with van der Waals surface area (Å²) in [4.78, 5) is 18.1. The van der Waals surface area contributed by atoms with Crippen molar-refractivity contribution < 1.29 is 18.4 Å². The largest absolute Gasteiger partial charge is 0.481 e. The fourth-order valence-electron chi connectivity index (χ4n) is 2.83. The molecule has 1 aromatic heterocycles. The first-order chi connectivity index (χ1) is 12.2. The van der Waals surface area contributed by atoms with Crippen molar-refractivity contribution >= 4 is 6.03 Å². The molecule has 25 heavy (non-hydrogen) atoms. The van der Waals surface area contributed by atoms with Crippen molar-refractivity contribution in [2.24, 2.45) is 0 Å². The highest BCUT2D eigenvalue weighted by Crippen LogP contribution is 2.25. The van der Waals surface area contributed by atoms with Gasteiger partial charge in [-0.2, -0.15) is 4.98 Å². The Morgan fingerprint density at radius 3 is 3.12 bits per heavy atom. The Balaban J connectivity index is 1.59. The number of carbonyl (C=O) groups excluding carboxylic acids is 1. The number of aromatic nitrogens is 2. The summed E-state index contributed by atoms with van der Waals surface area (Å²) >= 11 is 0. The van der Waals surface area contributed by atoms with Crippen molar-refractivity contribution in [3.8, 4) is 5.75 Å². The van der Waals surface area contributed by atoms with Crippen LogP contribution in [0.25, 0.3) is 0 Å². The second-order valence-corrected chi connectivity index (χ2v) is 5.89. The maximum Gasteiger partial charge on any atom is 0.317 e. The lowest BCUT2D eigenvalue weighted by atomic mass is 9.98. The van der Waals surface area contributed by atoms with Gasteiger partial charge in [0.05, 0.1) is 0 Å². The molecule has 1 atom stereocenters. The Kier molecular flexibility index (Phi) is 5.47. The Bertz CT molecular complexity index is 721. The number of nitrogens with zero attached hydrogens (tertiary/aromatic N) is 3. The minimum absolute atomic E-state index is 0.000683. The van der Waals surface area contributed by atoms with E-state index in [1.54, 1.807) is 17.0 Å². The third-order valence-electron chi connectivity index (χ3n) is 4.07. The van der Waals surface area contributed by atoms with Gasteiger partial charge in [-0.25, -0.2) is 9.18 Å². The molecular formula is C17H21FN4O3. The van der Waals surface area contributed by atoms with E-state index < -0.39 is 5.82 Å². The van der Waals surface area contributed by atoms with Gasteiger partial charge in [-0.05, 0) is 31.9 Å². The summed E-state index contributed by atoms with van der Waals surface area (Å²) in [5.41, 5.74) is 0. The molecule has 0 saturated carbocycles. The Morgan fingerprint density at radius 2 is 2.32 bits per heavy atom. The van der Waals surface area contributed by atoms with Crippen LogP contribution in [0.15, 0.2) is 28.8 Å². The van der Waals surface area contributed by atoms with E-state index in [0.717, 1.165) is 19.4 Å². The molecule has 134 valence electrons. The zero-order chi connectivity index (χ0) is 17.6. The van der Waals surface area contributed by atoms with Gasteiger partial charge in [-0.15, -0.1) is 0 Å². The second kappa shape index (κ2) is 7.96. The second-order valence-electron chi connectivity index (χ2n) is 5.89. The first-order valence-electron chi connectivity index (χ1n) is 8.40. The quantitative estimate of drug-likeness (QED) is 0.898. The Morgan fingerprint density at radius 1 is 1.48 bits per heavy atom. The predicted octanol–water partition coefficient (Wildman–Crippen LogP) is 2.70. The average molecular weight is 348 g/mol. The minimum atomic E-state index is -0.438. The van der Waals surface area contributed by atoms with Gasteiger partial charge in [0, 0.05) is 25.6 Å². The van der Waals surface area contributed by atoms with Gasteiger partial charge in [-0.3, -0.25) is 0 Å². The van der Waals surface area contributed by atoms with Crippen molar-refractivity contribution in [3.05, 3.63) is 41.8 Å². The standard InChI is InChI=1S/C17H21FN4O3/c1-2-19-17(23)22-9-5-6-12(10-22)16-20-15(25-21-16)11-24-14-8-4-3-7-13(14)18/h3-4,7-8,12H,2,5-6,9-11H2,1H3,(H,19,23). The molecule has 0 radical (unpaired) electrons. The van der Waals surface area contributed by atoms with Crippen molar-refractivity contribution in [3.63, 3.8) is 0 Å². The first-order valence-corrected chi connectivity index (χ1v) is 8.40. The van der Waals surface area contributed by atoms with E-state index in [2.05, 4.69) is 15.5 Å². The molecule has 1 aromatic carbocycles. The van der Waals surface area contributed by atoms with Crippen LogP contribution in [-0.2, 0) is 6.61 Å². The van der Waals surface area contributed by atoms with Crippen LogP contribution in [0.2, 0.25) is 0 Å². The number of carbonyl (C=O) groups is 1. The summed E-state index contributed by atoms with van der Waals surface area (Å²) in [6, 6.07) is 6.08. The summed E-state index contributed by atoms with van der Waals surface area (Å²) < 4.78 is 24.1. The first kappa shape index (κ1) is 17.2. The van der Waals surface area contributed by atoms with E-state index in [1.165, 1.54) is 12.1 Å². The van der Waals surface area contributed by atoms with Crippen LogP contribution in [0.4, 0.5) is 9.18 Å². The fraction of sp³-hybridized carbons (Fsp3) is 0.471. The third kappa shape index (κ3) is 4.26. The van der Waals surface area contributed by atoms with Crippen LogP contribution in [0.1, 0.15) is 37.4 Å². The van der Waals surface area contributed by atoms with E-state index in [9.17, 15) is 9.18 Å². The van der Waals surface area contributed by atoms with E-state index in [-0.39, 0.29) is 30.2 Å². The predicted molar refractivity (Wildman–Crippen MR) is 87.7 cm³/mol. The molecule has 1 aliphatic heterocycles. The number of urea groups is 1. The summed E-state index contributed by atoms with van der Waals surface area (Å²) in [6.07, 6.45) is 1.78. The number of hydrogen-bond acceptors (Lipinski definition) is 5. The van der Waals surface area contributed by atoms with Gasteiger partial charge in [0.2, 0.25) is 0 Å². The van der Waals surface area contributed by atoms with Gasteiger partial charge in [0.25, 0.3) is 5.89 Å². The highest BCUT2D eigenvalue weighted by atomic mass is 19.1. The molecule has 1 unspecified atom stereocenters. The number of benzene rings is 1. The number of amides is 2. The lowest BCUT2D eigenvalue weighted by Crippen LogP contribution is -2.45. The van der Waals surface area contributed by atoms with E-state index in [1.807, 2.05) is 6.92 Å². The fourth-order valence-corrected chi connectivity index (χ4v) is 2.83. The van der Waals surface area contributed by atoms with Crippen LogP contribution >= 0.6 is 0 Å². The summed E-state index contributed by atoms with van der Waals surface area (Å²) in [5.74, 6) is 0.575. The normalized spacial score (nSPS) is 17.4. The number of piperidine rings is 1. The van der Waals surface area contributed by atoms with Crippen molar-refractivity contribution in [2.75, 3.05) is 19.6 Å². The number of rotatable bonds is 5. The zero-order valence-electron chi connectivity index (χ0n) is 14.1. The van der Waals surface area contributed by atoms with Gasteiger partial charge < -0.3 is 19.5 Å². The molecule has 0 bridgehead atoms. The van der Waals surface area contributed by atoms with Crippen LogP contribution in [0.5, 0.6) is 5.75 Å². The molecule has 2 aromatic rings. The Hall–Kier alpha value is -2.64. The van der Waals surface area contributed by atoms with Gasteiger partial charge >= 0.3 is 6.03 Å². The monoisotopic (exact) mass is 348 g/mol. The van der Waals surface area contributed by atoms with Crippen LogP contribution in [-0.4, -0.2) is 40.7 Å². The van der Waals surface area contributed by atoms with Crippen molar-refractivity contribution in [1.82, 2.24) is 20.4 Å². The highest BCUT2D eigenvalue weighted by Gasteiger charge is 2.27. The number of hydrogen-bond donors (Lipinski definition) is 1. The number of nitrogens with one attached hydrogen (secondary N) is 1. The maximum atomic E-state index is 13.5. The number of ether oxygens (including phenoxy) is 1.